The number of para-hydroxylation sites is 1. The zero-order valence-electron chi connectivity index (χ0n) is 40.7. The van der Waals surface area contributed by atoms with Crippen molar-refractivity contribution in [2.24, 2.45) is 35.0 Å². The maximum absolute atomic E-state index is 14.6. The van der Waals surface area contributed by atoms with Crippen molar-refractivity contribution >= 4 is 58.5 Å². The average molecular weight is 941 g/mol. The number of aromatic nitrogens is 2. The van der Waals surface area contributed by atoms with E-state index < -0.39 is 82.4 Å². The molecule has 0 radical (unpaired) electrons. The van der Waals surface area contributed by atoms with Crippen LogP contribution in [0.1, 0.15) is 134 Å². The summed E-state index contributed by atoms with van der Waals surface area (Å²) in [6.07, 6.45) is 11.5. The van der Waals surface area contributed by atoms with Gasteiger partial charge in [-0.2, -0.15) is 0 Å². The van der Waals surface area contributed by atoms with Gasteiger partial charge >= 0.3 is 6.03 Å². The van der Waals surface area contributed by atoms with Crippen LogP contribution in [-0.2, 0) is 33.6 Å². The minimum atomic E-state index is -0.998. The standard InChI is InChI=1S/C51H72N8O9/c1-7-16-34(46(64)40(60)23-24-43(63)56-45(49(67)58(5)6)33-19-14-15-20-33)27-41(61)36-30-59(50(68)54-35-21-12-9-13-22-35)31-39(36)55-47(65)37(51(2,3)4)28-42(62)44(32-17-10-8-11-18-32)57-48(66)38-29-52-25-26-53-38/h9,12-13,21-22,25-26,29,32-34,36-37,39,44-45H,7-8,10-11,14-20,23-24,27-28,30-31H2,1-6H3,(H,54,68)(H,55,65)(H,56,63)(H,57,66)/t34-,36-,37-,39+,44+,45+/m1/s1. The smallest absolute Gasteiger partial charge is 0.321 e. The lowest BCUT2D eigenvalue weighted by Crippen LogP contribution is -2.51. The van der Waals surface area contributed by atoms with E-state index in [2.05, 4.69) is 31.2 Å². The predicted octanol–water partition coefficient (Wildman–Crippen LogP) is 5.48. The van der Waals surface area contributed by atoms with Crippen molar-refractivity contribution in [3.63, 3.8) is 0 Å². The van der Waals surface area contributed by atoms with Crippen molar-refractivity contribution in [1.82, 2.24) is 35.7 Å². The Kier molecular flexibility index (Phi) is 19.5. The molecule has 2 heterocycles. The molecule has 17 nitrogen and oxygen atoms in total. The van der Waals surface area contributed by atoms with Crippen LogP contribution in [0.15, 0.2) is 48.9 Å². The molecular weight excluding hydrogens is 869 g/mol. The largest absolute Gasteiger partial charge is 0.351 e. The van der Waals surface area contributed by atoms with Gasteiger partial charge in [0.1, 0.15) is 17.5 Å². The van der Waals surface area contributed by atoms with Gasteiger partial charge in [-0.25, -0.2) is 9.78 Å². The number of anilines is 1. The van der Waals surface area contributed by atoms with Gasteiger partial charge in [-0.15, -0.1) is 0 Å². The summed E-state index contributed by atoms with van der Waals surface area (Å²) < 4.78 is 0. The van der Waals surface area contributed by atoms with Crippen LogP contribution < -0.4 is 21.3 Å². The van der Waals surface area contributed by atoms with E-state index in [1.165, 1.54) is 28.4 Å². The predicted molar refractivity (Wildman–Crippen MR) is 255 cm³/mol. The van der Waals surface area contributed by atoms with E-state index >= 15 is 0 Å². The number of nitrogens with one attached hydrogen (secondary N) is 4. The summed E-state index contributed by atoms with van der Waals surface area (Å²) in [5, 5.41) is 11.6. The fourth-order valence-electron chi connectivity index (χ4n) is 9.97. The highest BCUT2D eigenvalue weighted by Gasteiger charge is 2.45. The Morgan fingerprint density at radius 2 is 1.44 bits per heavy atom. The maximum atomic E-state index is 14.6. The second-order valence-corrected chi connectivity index (χ2v) is 20.2. The van der Waals surface area contributed by atoms with E-state index in [0.717, 1.165) is 57.8 Å². The number of hydrogen-bond donors (Lipinski definition) is 4. The lowest BCUT2D eigenvalue weighted by Gasteiger charge is -2.34. The number of likely N-dealkylation sites (N-methyl/N-ethyl adjacent to an activating group) is 1. The second kappa shape index (κ2) is 24.9. The van der Waals surface area contributed by atoms with Crippen LogP contribution in [0.4, 0.5) is 10.5 Å². The number of benzene rings is 1. The van der Waals surface area contributed by atoms with E-state index in [1.807, 2.05) is 27.7 Å². The van der Waals surface area contributed by atoms with Gasteiger partial charge in [0.2, 0.25) is 23.5 Å². The Labute approximate surface area is 400 Å². The monoisotopic (exact) mass is 941 g/mol. The van der Waals surface area contributed by atoms with Crippen molar-refractivity contribution in [2.75, 3.05) is 32.5 Å². The number of urea groups is 1. The fraction of sp³-hybridized carbons (Fsp3) is 0.627. The van der Waals surface area contributed by atoms with Gasteiger partial charge in [0.15, 0.2) is 11.6 Å². The molecule has 5 rings (SSSR count). The Morgan fingerprint density at radius 3 is 2.04 bits per heavy atom. The van der Waals surface area contributed by atoms with Crippen molar-refractivity contribution in [2.45, 2.75) is 142 Å². The molecule has 2 saturated carbocycles. The molecule has 68 heavy (non-hydrogen) atoms. The molecule has 1 saturated heterocycles. The van der Waals surface area contributed by atoms with Crippen molar-refractivity contribution in [1.29, 1.82) is 0 Å². The van der Waals surface area contributed by atoms with Crippen LogP contribution in [0.25, 0.3) is 0 Å². The minimum Gasteiger partial charge on any atom is -0.351 e. The lowest BCUT2D eigenvalue weighted by atomic mass is 9.74. The summed E-state index contributed by atoms with van der Waals surface area (Å²) in [7, 11) is 3.25. The highest BCUT2D eigenvalue weighted by molar-refractivity contribution is 6.38. The molecule has 3 fully saturated rings. The molecule has 1 aromatic carbocycles. The molecule has 1 aliphatic heterocycles. The van der Waals surface area contributed by atoms with Gasteiger partial charge in [0.05, 0.1) is 24.2 Å². The number of carbonyl (C=O) groups excluding carboxylic acids is 9. The number of amides is 6. The molecule has 0 unspecified atom stereocenters. The molecular formula is C51H72N8O9. The van der Waals surface area contributed by atoms with Crippen molar-refractivity contribution in [3.05, 3.63) is 54.6 Å². The van der Waals surface area contributed by atoms with E-state index in [-0.39, 0.29) is 74.4 Å². The Hall–Kier alpha value is -5.87. The number of hydrogen-bond acceptors (Lipinski definition) is 11. The first-order chi connectivity index (χ1) is 32.4. The molecule has 370 valence electrons. The quantitative estimate of drug-likeness (QED) is 0.108. The first kappa shape index (κ1) is 53.1. The Balaban J connectivity index is 1.31. The van der Waals surface area contributed by atoms with Gasteiger partial charge in [-0.1, -0.05) is 84.4 Å². The van der Waals surface area contributed by atoms with Crippen LogP contribution >= 0.6 is 0 Å². The zero-order chi connectivity index (χ0) is 49.5. The zero-order valence-corrected chi connectivity index (χ0v) is 40.7. The van der Waals surface area contributed by atoms with E-state index in [9.17, 15) is 43.2 Å². The Morgan fingerprint density at radius 1 is 0.794 bits per heavy atom. The van der Waals surface area contributed by atoms with Gasteiger partial charge in [-0.05, 0) is 61.5 Å². The number of ketones is 4. The highest BCUT2D eigenvalue weighted by Crippen LogP contribution is 2.34. The minimum absolute atomic E-state index is 0.00778. The summed E-state index contributed by atoms with van der Waals surface area (Å²) in [4.78, 5) is 135. The number of Topliss-reactive ketones (excluding diaryl/α,β-unsaturated/α-hetero) is 4. The number of nitrogens with zero attached hydrogens (tertiary/aromatic N) is 4. The molecule has 1 aromatic heterocycles. The van der Waals surface area contributed by atoms with Crippen LogP contribution in [0.2, 0.25) is 0 Å². The lowest BCUT2D eigenvalue weighted by molar-refractivity contribution is -0.141. The molecule has 2 aliphatic carbocycles. The molecule has 6 atom stereocenters. The number of likely N-dealkylation sites (tertiary alicyclic amines) is 1. The molecule has 0 spiro atoms. The van der Waals surface area contributed by atoms with Crippen LogP contribution in [-0.4, -0.2) is 118 Å². The van der Waals surface area contributed by atoms with Gasteiger partial charge < -0.3 is 31.1 Å². The summed E-state index contributed by atoms with van der Waals surface area (Å²) >= 11 is 0. The van der Waals surface area contributed by atoms with Gasteiger partial charge in [0, 0.05) is 82.8 Å². The molecule has 4 N–H and O–H groups in total. The molecule has 17 heteroatoms. The topological polar surface area (TPSA) is 234 Å². The third kappa shape index (κ3) is 14.8. The first-order valence-electron chi connectivity index (χ1n) is 24.5. The molecule has 0 bridgehead atoms. The first-order valence-corrected chi connectivity index (χ1v) is 24.5. The van der Waals surface area contributed by atoms with Gasteiger partial charge in [-0.3, -0.25) is 43.3 Å². The summed E-state index contributed by atoms with van der Waals surface area (Å²) in [6, 6.07) is 5.78. The fourth-order valence-corrected chi connectivity index (χ4v) is 9.97. The average Bonchev–Trinajstić information content (AvgIpc) is 4.02. The molecule has 6 amide bonds. The van der Waals surface area contributed by atoms with Crippen LogP contribution in [0, 0.1) is 35.0 Å². The normalized spacial score (nSPS) is 19.5. The van der Waals surface area contributed by atoms with Gasteiger partial charge in [0.25, 0.3) is 5.91 Å². The maximum Gasteiger partial charge on any atom is 0.321 e. The van der Waals surface area contributed by atoms with E-state index in [1.54, 1.807) is 44.4 Å². The summed E-state index contributed by atoms with van der Waals surface area (Å²) in [5.74, 6) is -7.06. The van der Waals surface area contributed by atoms with Crippen molar-refractivity contribution < 1.29 is 43.2 Å². The van der Waals surface area contributed by atoms with Crippen LogP contribution in [0.3, 0.4) is 0 Å². The van der Waals surface area contributed by atoms with E-state index in [4.69, 9.17) is 0 Å². The second-order valence-electron chi connectivity index (χ2n) is 20.2. The number of carbonyl (C=O) groups is 9. The number of rotatable bonds is 22. The summed E-state index contributed by atoms with van der Waals surface area (Å²) in [6.45, 7) is 7.21. The molecule has 3 aliphatic rings. The Bertz CT molecular complexity index is 2100. The van der Waals surface area contributed by atoms with Crippen LogP contribution in [0.5, 0.6) is 0 Å². The SMILES string of the molecule is CCC[C@H](CC(=O)[C@@H]1CN(C(=O)Nc2ccccc2)C[C@@H]1NC(=O)[C@@H](CC(=O)[C@@H](NC(=O)c1cnccn1)C1CCCCC1)C(C)(C)C)C(=O)C(=O)CCC(=O)N[C@H](C(=O)N(C)C)C1CCCC1. The van der Waals surface area contributed by atoms with Crippen molar-refractivity contribution in [3.8, 4) is 0 Å². The summed E-state index contributed by atoms with van der Waals surface area (Å²) in [5.41, 5.74) is -0.165. The molecule has 2 aromatic rings. The highest BCUT2D eigenvalue weighted by atomic mass is 16.2. The third-order valence-electron chi connectivity index (χ3n) is 13.9. The third-order valence-corrected chi connectivity index (χ3v) is 13.9. The van der Waals surface area contributed by atoms with E-state index in [0.29, 0.717) is 12.1 Å².